The molecule has 9 heteroatoms. The number of nitrogens with one attached hydrogen (secondary N) is 2. The summed E-state index contributed by atoms with van der Waals surface area (Å²) in [6, 6.07) is -0.271. The second-order valence-electron chi connectivity index (χ2n) is 8.46. The summed E-state index contributed by atoms with van der Waals surface area (Å²) in [7, 11) is 0. The van der Waals surface area contributed by atoms with Crippen LogP contribution in [-0.2, 0) is 18.5 Å². The molecule has 27 heavy (non-hydrogen) atoms. The van der Waals surface area contributed by atoms with E-state index < -0.39 is 0 Å². The van der Waals surface area contributed by atoms with Crippen LogP contribution < -0.4 is 10.6 Å². The molecule has 2 amide bonds. The molecule has 4 bridgehead atoms. The van der Waals surface area contributed by atoms with Crippen molar-refractivity contribution < 1.29 is 4.79 Å². The minimum atomic E-state index is -0.271. The van der Waals surface area contributed by atoms with Crippen molar-refractivity contribution in [3.05, 3.63) is 16.9 Å². The zero-order valence-corrected chi connectivity index (χ0v) is 16.3. The van der Waals surface area contributed by atoms with E-state index in [1.54, 1.807) is 22.2 Å². The summed E-state index contributed by atoms with van der Waals surface area (Å²) in [6.07, 6.45) is 9.67. The minimum Gasteiger partial charge on any atom is -0.332 e. The topological polar surface area (TPSA) is 97.6 Å². The maximum absolute atomic E-state index is 12.2. The Morgan fingerprint density at radius 2 is 1.93 bits per heavy atom. The highest BCUT2D eigenvalue weighted by Crippen LogP contribution is 2.61. The average molecular weight is 388 g/mol. The summed E-state index contributed by atoms with van der Waals surface area (Å²) in [5, 5.41) is 24.0. The Morgan fingerprint density at radius 3 is 2.59 bits per heavy atom. The lowest BCUT2D eigenvalue weighted by molar-refractivity contribution is -0.00555. The lowest BCUT2D eigenvalue weighted by Gasteiger charge is -2.55. The highest BCUT2D eigenvalue weighted by atomic mass is 32.1. The highest BCUT2D eigenvalue weighted by molar-refractivity contribution is 7.15. The normalized spacial score (nSPS) is 31.2. The van der Waals surface area contributed by atoms with E-state index in [-0.39, 0.29) is 11.4 Å². The molecule has 0 spiro atoms. The maximum atomic E-state index is 12.2. The molecule has 6 rings (SSSR count). The van der Waals surface area contributed by atoms with Gasteiger partial charge >= 0.3 is 6.03 Å². The number of amides is 2. The maximum Gasteiger partial charge on any atom is 0.321 e. The fraction of sp³-hybridized carbons (Fsp3) is 0.722. The Balaban J connectivity index is 1.23. The van der Waals surface area contributed by atoms with Crippen LogP contribution in [-0.4, -0.2) is 31.2 Å². The largest absolute Gasteiger partial charge is 0.332 e. The highest BCUT2D eigenvalue weighted by Gasteiger charge is 2.53. The first-order valence-corrected chi connectivity index (χ1v) is 10.7. The van der Waals surface area contributed by atoms with E-state index in [9.17, 15) is 4.79 Å². The van der Waals surface area contributed by atoms with Crippen LogP contribution in [0, 0.1) is 17.8 Å². The SMILES string of the molecule is CCn1nncc1CNC(=O)Nc1nnc(C23CC4CC(CC(C4)C2)C3)s1. The molecule has 4 aliphatic carbocycles. The summed E-state index contributed by atoms with van der Waals surface area (Å²) in [5.74, 6) is 2.62. The molecule has 8 nitrogen and oxygen atoms in total. The third-order valence-corrected chi connectivity index (χ3v) is 7.65. The van der Waals surface area contributed by atoms with E-state index in [0.717, 1.165) is 35.0 Å². The van der Waals surface area contributed by atoms with Crippen molar-refractivity contribution in [2.75, 3.05) is 5.32 Å². The molecule has 4 aliphatic rings. The molecular weight excluding hydrogens is 362 g/mol. The molecule has 4 fully saturated rings. The van der Waals surface area contributed by atoms with Crippen molar-refractivity contribution in [2.45, 2.75) is 64.0 Å². The molecule has 144 valence electrons. The monoisotopic (exact) mass is 387 g/mol. The van der Waals surface area contributed by atoms with Crippen molar-refractivity contribution in [3.63, 3.8) is 0 Å². The zero-order chi connectivity index (χ0) is 18.4. The molecule has 0 saturated heterocycles. The lowest BCUT2D eigenvalue weighted by atomic mass is 9.50. The number of rotatable bonds is 5. The van der Waals surface area contributed by atoms with Crippen molar-refractivity contribution >= 4 is 22.5 Å². The molecule has 0 aromatic carbocycles. The molecule has 2 N–H and O–H groups in total. The Labute approximate surface area is 162 Å². The van der Waals surface area contributed by atoms with Gasteiger partial charge < -0.3 is 5.32 Å². The van der Waals surface area contributed by atoms with Gasteiger partial charge in [-0.25, -0.2) is 9.48 Å². The van der Waals surface area contributed by atoms with Gasteiger partial charge in [-0.05, 0) is 63.2 Å². The number of carbonyl (C=O) groups excluding carboxylic acids is 1. The molecular formula is C18H25N7OS. The molecule has 2 aromatic heterocycles. The van der Waals surface area contributed by atoms with Crippen LogP contribution in [0.2, 0.25) is 0 Å². The number of urea groups is 1. The van der Waals surface area contributed by atoms with Crippen LogP contribution >= 0.6 is 11.3 Å². The van der Waals surface area contributed by atoms with Gasteiger partial charge in [0.1, 0.15) is 5.01 Å². The van der Waals surface area contributed by atoms with Crippen LogP contribution in [0.25, 0.3) is 0 Å². The van der Waals surface area contributed by atoms with Gasteiger partial charge in [-0.15, -0.1) is 15.3 Å². The first-order chi connectivity index (χ1) is 13.1. The smallest absolute Gasteiger partial charge is 0.321 e. The van der Waals surface area contributed by atoms with Gasteiger partial charge in [-0.1, -0.05) is 16.6 Å². The molecule has 0 atom stereocenters. The minimum absolute atomic E-state index is 0.224. The number of aromatic nitrogens is 5. The van der Waals surface area contributed by atoms with Gasteiger partial charge in [0.15, 0.2) is 0 Å². The second-order valence-corrected chi connectivity index (χ2v) is 9.44. The second kappa shape index (κ2) is 6.54. The number of hydrogen-bond donors (Lipinski definition) is 2. The van der Waals surface area contributed by atoms with E-state index in [0.29, 0.717) is 11.7 Å². The van der Waals surface area contributed by atoms with E-state index in [1.165, 1.54) is 38.5 Å². The van der Waals surface area contributed by atoms with Crippen LogP contribution in [0.4, 0.5) is 9.93 Å². The molecule has 2 aromatic rings. The molecule has 0 unspecified atom stereocenters. The van der Waals surface area contributed by atoms with Crippen molar-refractivity contribution in [2.24, 2.45) is 17.8 Å². The van der Waals surface area contributed by atoms with Crippen LogP contribution in [0.15, 0.2) is 6.20 Å². The quantitative estimate of drug-likeness (QED) is 0.822. The van der Waals surface area contributed by atoms with Gasteiger partial charge in [0.2, 0.25) is 5.13 Å². The number of hydrogen-bond acceptors (Lipinski definition) is 6. The third-order valence-electron chi connectivity index (χ3n) is 6.56. The summed E-state index contributed by atoms with van der Waals surface area (Å²) >= 11 is 1.56. The van der Waals surface area contributed by atoms with Gasteiger partial charge in [0.05, 0.1) is 18.4 Å². The third kappa shape index (κ3) is 3.11. The fourth-order valence-corrected chi connectivity index (χ4v) is 6.81. The molecule has 4 saturated carbocycles. The van der Waals surface area contributed by atoms with Crippen molar-refractivity contribution in [3.8, 4) is 0 Å². The van der Waals surface area contributed by atoms with Crippen LogP contribution in [0.1, 0.15) is 56.2 Å². The Bertz CT molecular complexity index is 809. The average Bonchev–Trinajstić information content (AvgIpc) is 3.28. The number of nitrogens with zero attached hydrogens (tertiary/aromatic N) is 5. The van der Waals surface area contributed by atoms with Gasteiger partial charge in [-0.3, -0.25) is 5.32 Å². The van der Waals surface area contributed by atoms with E-state index in [2.05, 4.69) is 31.1 Å². The first kappa shape index (κ1) is 17.1. The summed E-state index contributed by atoms with van der Waals surface area (Å²) in [4.78, 5) is 12.2. The van der Waals surface area contributed by atoms with E-state index >= 15 is 0 Å². The summed E-state index contributed by atoms with van der Waals surface area (Å²) < 4.78 is 1.76. The molecule has 0 aliphatic heterocycles. The van der Waals surface area contributed by atoms with Crippen LogP contribution in [0.3, 0.4) is 0 Å². The Hall–Kier alpha value is -2.03. The van der Waals surface area contributed by atoms with Crippen molar-refractivity contribution in [1.29, 1.82) is 0 Å². The Kier molecular flexibility index (Phi) is 4.14. The first-order valence-electron chi connectivity index (χ1n) is 9.90. The van der Waals surface area contributed by atoms with E-state index in [4.69, 9.17) is 0 Å². The van der Waals surface area contributed by atoms with Crippen molar-refractivity contribution in [1.82, 2.24) is 30.5 Å². The lowest BCUT2D eigenvalue weighted by Crippen LogP contribution is -2.48. The van der Waals surface area contributed by atoms with Crippen LogP contribution in [0.5, 0.6) is 0 Å². The van der Waals surface area contributed by atoms with Gasteiger partial charge in [-0.2, -0.15) is 0 Å². The fourth-order valence-electron chi connectivity index (χ4n) is 5.85. The molecule has 2 heterocycles. The zero-order valence-electron chi connectivity index (χ0n) is 15.5. The summed E-state index contributed by atoms with van der Waals surface area (Å²) in [6.45, 7) is 3.10. The number of anilines is 1. The Morgan fingerprint density at radius 1 is 1.22 bits per heavy atom. The number of aryl methyl sites for hydroxylation is 1. The number of carbonyl (C=O) groups is 1. The predicted molar refractivity (Wildman–Crippen MR) is 101 cm³/mol. The summed E-state index contributed by atoms with van der Waals surface area (Å²) in [5.41, 5.74) is 1.10. The van der Waals surface area contributed by atoms with Gasteiger partial charge in [0, 0.05) is 12.0 Å². The van der Waals surface area contributed by atoms with Gasteiger partial charge in [0.25, 0.3) is 0 Å². The van der Waals surface area contributed by atoms with E-state index in [1.807, 2.05) is 6.92 Å². The molecule has 0 radical (unpaired) electrons. The standard InChI is InChI=1S/C18H25N7OS/c1-2-25-14(10-20-24-25)9-19-16(26)21-17-23-22-15(27-17)18-6-11-3-12(7-18)5-13(4-11)8-18/h10-13H,2-9H2,1H3,(H2,19,21,23,26). The predicted octanol–water partition coefficient (Wildman–Crippen LogP) is 2.94.